The van der Waals surface area contributed by atoms with Crippen molar-refractivity contribution < 1.29 is 18.3 Å². The minimum atomic E-state index is -0.727. The first kappa shape index (κ1) is 22.6. The Labute approximate surface area is 204 Å². The van der Waals surface area contributed by atoms with Gasteiger partial charge in [0.1, 0.15) is 18.2 Å². The zero-order valence-corrected chi connectivity index (χ0v) is 19.6. The average molecular weight is 504 g/mol. The Morgan fingerprint density at radius 1 is 1.12 bits per heavy atom. The number of fused-ring (bicyclic) bond motifs is 1. The third kappa shape index (κ3) is 4.11. The summed E-state index contributed by atoms with van der Waals surface area (Å²) in [5.41, 5.74) is 8.26. The number of hydrogen-bond donors (Lipinski definition) is 1. The van der Waals surface area contributed by atoms with Gasteiger partial charge in [0.25, 0.3) is 0 Å². The van der Waals surface area contributed by atoms with Crippen molar-refractivity contribution in [3.05, 3.63) is 58.4 Å². The van der Waals surface area contributed by atoms with Gasteiger partial charge in [-0.25, -0.2) is 19.3 Å². The normalized spacial score (nSPS) is 15.0. The number of morpholine rings is 1. The lowest BCUT2D eigenvalue weighted by molar-refractivity contribution is 0.122. The van der Waals surface area contributed by atoms with E-state index in [9.17, 15) is 4.39 Å². The quantitative estimate of drug-likeness (QED) is 0.366. The Balaban J connectivity index is 1.47. The van der Waals surface area contributed by atoms with Gasteiger partial charge in [0.2, 0.25) is 11.7 Å². The molecule has 0 saturated carbocycles. The highest BCUT2D eigenvalue weighted by molar-refractivity contribution is 6.36. The van der Waals surface area contributed by atoms with E-state index in [2.05, 4.69) is 19.9 Å². The maximum atomic E-state index is 14.0. The van der Waals surface area contributed by atoms with Crippen molar-refractivity contribution in [3.8, 4) is 16.9 Å². The molecule has 0 amide bonds. The molecule has 4 heterocycles. The maximum absolute atomic E-state index is 14.0. The summed E-state index contributed by atoms with van der Waals surface area (Å²) < 4.78 is 31.2. The first-order chi connectivity index (χ1) is 16.4. The van der Waals surface area contributed by atoms with Crippen LogP contribution in [-0.4, -0.2) is 41.3 Å². The van der Waals surface area contributed by atoms with Crippen molar-refractivity contribution in [2.75, 3.05) is 36.9 Å². The lowest BCUT2D eigenvalue weighted by Gasteiger charge is -2.26. The van der Waals surface area contributed by atoms with Crippen LogP contribution in [0.15, 0.2) is 41.4 Å². The molecule has 4 aromatic rings. The zero-order chi connectivity index (χ0) is 23.8. The van der Waals surface area contributed by atoms with Crippen LogP contribution in [0.5, 0.6) is 5.75 Å². The van der Waals surface area contributed by atoms with E-state index in [1.165, 1.54) is 12.1 Å². The van der Waals surface area contributed by atoms with E-state index in [0.29, 0.717) is 35.7 Å². The summed E-state index contributed by atoms with van der Waals surface area (Å²) in [5.74, 6) is 0.367. The molecule has 2 N–H and O–H groups in total. The molecular formula is C23H20Cl2FN5O3. The Morgan fingerprint density at radius 2 is 1.85 bits per heavy atom. The number of furan rings is 1. The third-order valence-corrected chi connectivity index (χ3v) is 6.34. The third-order valence-electron chi connectivity index (χ3n) is 5.62. The van der Waals surface area contributed by atoms with Gasteiger partial charge in [-0.15, -0.1) is 0 Å². The molecule has 1 unspecified atom stereocenters. The lowest BCUT2D eigenvalue weighted by atomic mass is 10.1. The fraction of sp³-hybridized carbons (Fsp3) is 0.261. The van der Waals surface area contributed by atoms with Gasteiger partial charge in [0.15, 0.2) is 11.4 Å². The van der Waals surface area contributed by atoms with Crippen molar-refractivity contribution in [1.82, 2.24) is 15.0 Å². The Bertz CT molecular complexity index is 1340. The molecule has 176 valence electrons. The second kappa shape index (κ2) is 9.25. The van der Waals surface area contributed by atoms with E-state index >= 15 is 0 Å². The van der Waals surface area contributed by atoms with Crippen molar-refractivity contribution in [2.45, 2.75) is 13.0 Å². The van der Waals surface area contributed by atoms with Crippen LogP contribution in [0.3, 0.4) is 0 Å². The van der Waals surface area contributed by atoms with Crippen LogP contribution >= 0.6 is 23.2 Å². The second-order valence-corrected chi connectivity index (χ2v) is 8.54. The Kier molecular flexibility index (Phi) is 6.16. The topological polar surface area (TPSA) is 99.5 Å². The first-order valence-electron chi connectivity index (χ1n) is 10.5. The van der Waals surface area contributed by atoms with Crippen molar-refractivity contribution in [1.29, 1.82) is 0 Å². The highest BCUT2D eigenvalue weighted by atomic mass is 35.5. The van der Waals surface area contributed by atoms with Crippen LogP contribution in [0.4, 0.5) is 16.2 Å². The van der Waals surface area contributed by atoms with E-state index in [4.69, 9.17) is 42.8 Å². The van der Waals surface area contributed by atoms with Gasteiger partial charge in [-0.2, -0.15) is 0 Å². The summed E-state index contributed by atoms with van der Waals surface area (Å²) in [6, 6.07) is 2.62. The molecule has 0 aliphatic carbocycles. The monoisotopic (exact) mass is 503 g/mol. The van der Waals surface area contributed by atoms with Gasteiger partial charge in [-0.1, -0.05) is 23.2 Å². The predicted molar refractivity (Wildman–Crippen MR) is 128 cm³/mol. The largest absolute Gasteiger partial charge is 0.478 e. The smallest absolute Gasteiger partial charge is 0.225 e. The fourth-order valence-corrected chi connectivity index (χ4v) is 4.53. The molecule has 1 saturated heterocycles. The van der Waals surface area contributed by atoms with E-state index < -0.39 is 11.9 Å². The molecule has 1 atom stereocenters. The number of ether oxygens (including phenoxy) is 2. The molecule has 1 aliphatic rings. The summed E-state index contributed by atoms with van der Waals surface area (Å²) in [4.78, 5) is 15.3. The molecule has 0 radical (unpaired) electrons. The molecule has 0 spiro atoms. The van der Waals surface area contributed by atoms with Gasteiger partial charge < -0.3 is 24.5 Å². The van der Waals surface area contributed by atoms with Gasteiger partial charge in [-0.05, 0) is 19.1 Å². The number of rotatable bonds is 5. The summed E-state index contributed by atoms with van der Waals surface area (Å²) in [7, 11) is 0. The fourth-order valence-electron chi connectivity index (χ4n) is 3.86. The van der Waals surface area contributed by atoms with Gasteiger partial charge >= 0.3 is 0 Å². The highest BCUT2D eigenvalue weighted by Crippen LogP contribution is 2.41. The van der Waals surface area contributed by atoms with Crippen LogP contribution < -0.4 is 15.4 Å². The zero-order valence-electron chi connectivity index (χ0n) is 18.1. The Morgan fingerprint density at radius 3 is 2.59 bits per heavy atom. The van der Waals surface area contributed by atoms with Gasteiger partial charge in [-0.3, -0.25) is 0 Å². The maximum Gasteiger partial charge on any atom is 0.225 e. The number of nitrogen functional groups attached to an aromatic ring is 1. The molecule has 11 heteroatoms. The van der Waals surface area contributed by atoms with E-state index in [-0.39, 0.29) is 21.6 Å². The SMILES string of the molecule is CC(Oc1c(N)ncc2c(-c3cnc(N4CCOCC4)nc3)coc12)c1c(Cl)ccc(F)c1Cl. The number of aromatic nitrogens is 3. The molecule has 8 nitrogen and oxygen atoms in total. The van der Waals surface area contributed by atoms with Crippen molar-refractivity contribution in [2.24, 2.45) is 0 Å². The first-order valence-corrected chi connectivity index (χ1v) is 11.3. The average Bonchev–Trinajstić information content (AvgIpc) is 3.28. The van der Waals surface area contributed by atoms with Crippen LogP contribution in [0.25, 0.3) is 22.1 Å². The standard InChI is InChI=1S/C23H20Cl2FN5O3/c1-12(18-16(24)2-3-17(26)19(18)25)34-21-20-14(10-28-22(21)27)15(11-33-20)13-8-29-23(30-9-13)31-4-6-32-7-5-31/h2-3,8-12H,4-7H2,1H3,(H2,27,28). The molecule has 34 heavy (non-hydrogen) atoms. The number of nitrogens with zero attached hydrogens (tertiary/aromatic N) is 4. The molecule has 1 fully saturated rings. The molecule has 1 aliphatic heterocycles. The minimum Gasteiger partial charge on any atom is -0.478 e. The summed E-state index contributed by atoms with van der Waals surface area (Å²) in [5, 5.41) is 0.821. The number of benzene rings is 1. The van der Waals surface area contributed by atoms with Crippen LogP contribution in [0, 0.1) is 5.82 Å². The van der Waals surface area contributed by atoms with Gasteiger partial charge in [0, 0.05) is 53.4 Å². The van der Waals surface area contributed by atoms with E-state index in [0.717, 1.165) is 24.2 Å². The summed E-state index contributed by atoms with van der Waals surface area (Å²) in [6.45, 7) is 4.48. The molecular weight excluding hydrogens is 484 g/mol. The van der Waals surface area contributed by atoms with Crippen LogP contribution in [0.2, 0.25) is 10.0 Å². The number of pyridine rings is 1. The van der Waals surface area contributed by atoms with Crippen LogP contribution in [0.1, 0.15) is 18.6 Å². The number of anilines is 2. The van der Waals surface area contributed by atoms with Crippen LogP contribution in [-0.2, 0) is 4.74 Å². The number of hydrogen-bond acceptors (Lipinski definition) is 8. The van der Waals surface area contributed by atoms with Crippen molar-refractivity contribution in [3.63, 3.8) is 0 Å². The second-order valence-electron chi connectivity index (χ2n) is 7.75. The van der Waals surface area contributed by atoms with Gasteiger partial charge in [0.05, 0.1) is 23.6 Å². The summed E-state index contributed by atoms with van der Waals surface area (Å²) >= 11 is 12.4. The lowest BCUT2D eigenvalue weighted by Crippen LogP contribution is -2.37. The molecule has 5 rings (SSSR count). The Hall–Kier alpha value is -3.14. The van der Waals surface area contributed by atoms with E-state index in [1.807, 2.05) is 0 Å². The summed E-state index contributed by atoms with van der Waals surface area (Å²) in [6.07, 6.45) is 5.90. The molecule has 0 bridgehead atoms. The molecule has 3 aromatic heterocycles. The predicted octanol–water partition coefficient (Wildman–Crippen LogP) is 5.29. The minimum absolute atomic E-state index is 0.114. The highest BCUT2D eigenvalue weighted by Gasteiger charge is 2.23. The molecule has 1 aromatic carbocycles. The number of halogens is 3. The van der Waals surface area contributed by atoms with Crippen molar-refractivity contribution >= 4 is 45.9 Å². The van der Waals surface area contributed by atoms with E-state index in [1.54, 1.807) is 31.8 Å². The number of nitrogens with two attached hydrogens (primary N) is 1.